The van der Waals surface area contributed by atoms with Crippen LogP contribution in [0, 0.1) is 0 Å². The first-order valence-corrected chi connectivity index (χ1v) is 6.50. The van der Waals surface area contributed by atoms with E-state index in [0.717, 1.165) is 10.0 Å². The highest BCUT2D eigenvalue weighted by Gasteiger charge is 2.17. The molecule has 0 unspecified atom stereocenters. The van der Waals surface area contributed by atoms with Crippen molar-refractivity contribution in [1.29, 1.82) is 0 Å². The molecule has 0 aliphatic heterocycles. The second-order valence-electron chi connectivity index (χ2n) is 3.54. The number of halogens is 2. The van der Waals surface area contributed by atoms with Crippen LogP contribution in [0.25, 0.3) is 0 Å². The Morgan fingerprint density at radius 3 is 2.65 bits per heavy atom. The number of aromatic nitrogens is 3. The molecule has 0 saturated carbocycles. The van der Waals surface area contributed by atoms with Gasteiger partial charge in [0.1, 0.15) is 5.69 Å². The lowest BCUT2D eigenvalue weighted by molar-refractivity contribution is 0.0983. The fourth-order valence-electron chi connectivity index (χ4n) is 1.53. The first kappa shape index (κ1) is 12.4. The number of hydrogen-bond donors (Lipinski definition) is 0. The van der Waals surface area contributed by atoms with Gasteiger partial charge in [-0.1, -0.05) is 39.3 Å². The minimum absolute atomic E-state index is 0.0173. The van der Waals surface area contributed by atoms with Gasteiger partial charge in [-0.3, -0.25) is 4.79 Å². The normalized spacial score (nSPS) is 10.5. The highest BCUT2D eigenvalue weighted by atomic mass is 79.9. The summed E-state index contributed by atoms with van der Waals surface area (Å²) in [7, 11) is 1.70. The van der Waals surface area contributed by atoms with Gasteiger partial charge in [-0.15, -0.1) is 5.10 Å². The average Bonchev–Trinajstić information content (AvgIpc) is 2.62. The maximum Gasteiger partial charge on any atom is 0.188 e. The summed E-state index contributed by atoms with van der Waals surface area (Å²) in [6, 6.07) is 7.66. The molecule has 0 atom stereocenters. The van der Waals surface area contributed by atoms with Gasteiger partial charge in [-0.2, -0.15) is 0 Å². The molecule has 0 spiro atoms. The standard InChI is InChI=1S/C11H9Br2N3O/c1-16-10(11(13)14-15-16)9(17)6-7-4-2-3-5-8(7)12/h2-5H,6H2,1H3. The molecular formula is C11H9Br2N3O. The molecule has 0 aliphatic rings. The van der Waals surface area contributed by atoms with Crippen LogP contribution in [0.2, 0.25) is 0 Å². The fraction of sp³-hybridized carbons (Fsp3) is 0.182. The van der Waals surface area contributed by atoms with Crippen LogP contribution in [0.15, 0.2) is 33.3 Å². The fourth-order valence-corrected chi connectivity index (χ4v) is 2.50. The van der Waals surface area contributed by atoms with Crippen LogP contribution >= 0.6 is 31.9 Å². The van der Waals surface area contributed by atoms with E-state index < -0.39 is 0 Å². The molecule has 0 amide bonds. The monoisotopic (exact) mass is 357 g/mol. The molecule has 6 heteroatoms. The second-order valence-corrected chi connectivity index (χ2v) is 5.15. The molecule has 1 aromatic heterocycles. The predicted octanol–water partition coefficient (Wildman–Crippen LogP) is 2.77. The smallest absolute Gasteiger partial charge is 0.188 e. The van der Waals surface area contributed by atoms with Gasteiger partial charge in [0.2, 0.25) is 0 Å². The number of aryl methyl sites for hydroxylation is 1. The zero-order chi connectivity index (χ0) is 12.4. The number of hydrogen-bond acceptors (Lipinski definition) is 3. The van der Waals surface area contributed by atoms with Gasteiger partial charge in [-0.25, -0.2) is 4.68 Å². The maximum absolute atomic E-state index is 12.1. The lowest BCUT2D eigenvalue weighted by atomic mass is 10.1. The van der Waals surface area contributed by atoms with Gasteiger partial charge in [0.05, 0.1) is 0 Å². The van der Waals surface area contributed by atoms with Crippen LogP contribution < -0.4 is 0 Å². The molecule has 88 valence electrons. The molecule has 0 fully saturated rings. The minimum atomic E-state index is -0.0173. The van der Waals surface area contributed by atoms with E-state index in [9.17, 15) is 4.79 Å². The Hall–Kier alpha value is -1.01. The van der Waals surface area contributed by atoms with Crippen molar-refractivity contribution in [3.63, 3.8) is 0 Å². The van der Waals surface area contributed by atoms with E-state index >= 15 is 0 Å². The molecule has 0 N–H and O–H groups in total. The van der Waals surface area contributed by atoms with Crippen molar-refractivity contribution in [1.82, 2.24) is 15.0 Å². The molecule has 2 rings (SSSR count). The second kappa shape index (κ2) is 5.10. The van der Waals surface area contributed by atoms with Crippen LogP contribution in [0.5, 0.6) is 0 Å². The number of ketones is 1. The van der Waals surface area contributed by atoms with E-state index in [1.54, 1.807) is 7.05 Å². The lowest BCUT2D eigenvalue weighted by Crippen LogP contribution is -2.10. The predicted molar refractivity (Wildman–Crippen MR) is 70.9 cm³/mol. The highest BCUT2D eigenvalue weighted by Crippen LogP contribution is 2.20. The van der Waals surface area contributed by atoms with Crippen molar-refractivity contribution < 1.29 is 4.79 Å². The molecular weight excluding hydrogens is 350 g/mol. The maximum atomic E-state index is 12.1. The Morgan fingerprint density at radius 1 is 1.35 bits per heavy atom. The van der Waals surface area contributed by atoms with Crippen molar-refractivity contribution in [2.75, 3.05) is 0 Å². The molecule has 1 aromatic carbocycles. The van der Waals surface area contributed by atoms with Crippen molar-refractivity contribution in [2.24, 2.45) is 7.05 Å². The number of rotatable bonds is 3. The summed E-state index contributed by atoms with van der Waals surface area (Å²) in [6.45, 7) is 0. The molecule has 0 bridgehead atoms. The van der Waals surface area contributed by atoms with Crippen LogP contribution in [0.1, 0.15) is 16.1 Å². The van der Waals surface area contributed by atoms with Gasteiger partial charge in [-0.05, 0) is 27.6 Å². The van der Waals surface area contributed by atoms with E-state index in [4.69, 9.17) is 0 Å². The molecule has 17 heavy (non-hydrogen) atoms. The van der Waals surface area contributed by atoms with Crippen LogP contribution in [0.3, 0.4) is 0 Å². The van der Waals surface area contributed by atoms with Gasteiger partial charge in [0.25, 0.3) is 0 Å². The Balaban J connectivity index is 2.27. The van der Waals surface area contributed by atoms with Crippen LogP contribution in [0.4, 0.5) is 0 Å². The molecule has 4 nitrogen and oxygen atoms in total. The molecule has 2 aromatic rings. The van der Waals surface area contributed by atoms with E-state index in [0.29, 0.717) is 16.7 Å². The number of Topliss-reactive ketones (excluding diaryl/α,β-unsaturated/α-hetero) is 1. The van der Waals surface area contributed by atoms with Crippen molar-refractivity contribution in [3.8, 4) is 0 Å². The summed E-state index contributed by atoms with van der Waals surface area (Å²) in [5.74, 6) is -0.0173. The summed E-state index contributed by atoms with van der Waals surface area (Å²) >= 11 is 6.65. The molecule has 1 heterocycles. The quantitative estimate of drug-likeness (QED) is 0.792. The lowest BCUT2D eigenvalue weighted by Gasteiger charge is -2.03. The van der Waals surface area contributed by atoms with Crippen LogP contribution in [-0.4, -0.2) is 20.8 Å². The Morgan fingerprint density at radius 2 is 2.06 bits per heavy atom. The number of carbonyl (C=O) groups excluding carboxylic acids is 1. The van der Waals surface area contributed by atoms with Gasteiger partial charge >= 0.3 is 0 Å². The molecule has 0 radical (unpaired) electrons. The van der Waals surface area contributed by atoms with Crippen molar-refractivity contribution in [3.05, 3.63) is 44.6 Å². The van der Waals surface area contributed by atoms with Crippen molar-refractivity contribution in [2.45, 2.75) is 6.42 Å². The number of nitrogens with zero attached hydrogens (tertiary/aromatic N) is 3. The third-order valence-corrected chi connectivity index (χ3v) is 3.67. The Labute approximate surface area is 115 Å². The summed E-state index contributed by atoms with van der Waals surface area (Å²) in [6.07, 6.45) is 0.321. The minimum Gasteiger partial charge on any atom is -0.292 e. The molecule has 0 saturated heterocycles. The van der Waals surface area contributed by atoms with Gasteiger partial charge in [0, 0.05) is 17.9 Å². The SMILES string of the molecule is Cn1nnc(Br)c1C(=O)Cc1ccccc1Br. The summed E-state index contributed by atoms with van der Waals surface area (Å²) in [4.78, 5) is 12.1. The van der Waals surface area contributed by atoms with E-state index in [-0.39, 0.29) is 5.78 Å². The zero-order valence-corrected chi connectivity index (χ0v) is 12.2. The average molecular weight is 359 g/mol. The highest BCUT2D eigenvalue weighted by molar-refractivity contribution is 9.10. The zero-order valence-electron chi connectivity index (χ0n) is 9.02. The van der Waals surface area contributed by atoms with Gasteiger partial charge < -0.3 is 0 Å². The third-order valence-electron chi connectivity index (χ3n) is 2.36. The van der Waals surface area contributed by atoms with E-state index in [2.05, 4.69) is 42.2 Å². The first-order chi connectivity index (χ1) is 8.09. The number of benzene rings is 1. The number of carbonyl (C=O) groups is 1. The Kier molecular flexibility index (Phi) is 3.73. The third kappa shape index (κ3) is 2.63. The largest absolute Gasteiger partial charge is 0.292 e. The van der Waals surface area contributed by atoms with E-state index in [1.807, 2.05) is 24.3 Å². The summed E-state index contributed by atoms with van der Waals surface area (Å²) in [5.41, 5.74) is 1.44. The topological polar surface area (TPSA) is 47.8 Å². The van der Waals surface area contributed by atoms with E-state index in [1.165, 1.54) is 4.68 Å². The molecule has 0 aliphatic carbocycles. The van der Waals surface area contributed by atoms with Gasteiger partial charge in [0.15, 0.2) is 10.4 Å². The van der Waals surface area contributed by atoms with Crippen LogP contribution in [-0.2, 0) is 13.5 Å². The Bertz CT molecular complexity index is 546. The summed E-state index contributed by atoms with van der Waals surface area (Å²) in [5, 5.41) is 7.59. The first-order valence-electron chi connectivity index (χ1n) is 4.91. The summed E-state index contributed by atoms with van der Waals surface area (Å²) < 4.78 is 2.89. The van der Waals surface area contributed by atoms with Crippen molar-refractivity contribution >= 4 is 37.6 Å².